The van der Waals surface area contributed by atoms with Gasteiger partial charge in [-0.05, 0) is 30.5 Å². The summed E-state index contributed by atoms with van der Waals surface area (Å²) < 4.78 is 0. The molecule has 0 saturated heterocycles. The average molecular weight is 235 g/mol. The van der Waals surface area contributed by atoms with E-state index < -0.39 is 0 Å². The molecule has 17 heavy (non-hydrogen) atoms. The van der Waals surface area contributed by atoms with E-state index in [0.717, 1.165) is 18.4 Å². The van der Waals surface area contributed by atoms with E-state index in [1.54, 1.807) is 29.2 Å². The molecule has 0 heterocycles. The molecule has 1 aliphatic rings. The summed E-state index contributed by atoms with van der Waals surface area (Å²) in [5.41, 5.74) is 1.41. The number of carbonyl (C=O) groups is 1. The summed E-state index contributed by atoms with van der Waals surface area (Å²) in [6.45, 7) is 0.375. The van der Waals surface area contributed by atoms with Crippen molar-refractivity contribution in [1.29, 1.82) is 0 Å². The van der Waals surface area contributed by atoms with Crippen molar-refractivity contribution < 1.29 is 15.0 Å². The van der Waals surface area contributed by atoms with Crippen LogP contribution in [0.15, 0.2) is 24.3 Å². The van der Waals surface area contributed by atoms with Crippen LogP contribution in [0.4, 0.5) is 0 Å². The Morgan fingerprint density at radius 3 is 2.35 bits per heavy atom. The Kier molecular flexibility index (Phi) is 3.76. The Hall–Kier alpha value is -1.39. The van der Waals surface area contributed by atoms with E-state index in [2.05, 4.69) is 0 Å². The molecule has 0 spiro atoms. The van der Waals surface area contributed by atoms with Crippen LogP contribution in [0.5, 0.6) is 0 Å². The van der Waals surface area contributed by atoms with Gasteiger partial charge in [0.15, 0.2) is 0 Å². The van der Waals surface area contributed by atoms with Gasteiger partial charge >= 0.3 is 0 Å². The number of amides is 1. The summed E-state index contributed by atoms with van der Waals surface area (Å²) in [7, 11) is 0. The van der Waals surface area contributed by atoms with Gasteiger partial charge in [-0.1, -0.05) is 12.1 Å². The van der Waals surface area contributed by atoms with Crippen LogP contribution >= 0.6 is 0 Å². The Morgan fingerprint density at radius 1 is 1.24 bits per heavy atom. The molecule has 0 bridgehead atoms. The highest BCUT2D eigenvalue weighted by atomic mass is 16.3. The first-order valence-corrected chi connectivity index (χ1v) is 5.88. The third-order valence-corrected chi connectivity index (χ3v) is 2.97. The number of carbonyl (C=O) groups excluding carboxylic acids is 1. The normalized spacial score (nSPS) is 14.7. The molecule has 0 unspecified atom stereocenters. The number of aliphatic hydroxyl groups is 2. The number of hydrogen-bond donors (Lipinski definition) is 2. The smallest absolute Gasteiger partial charge is 0.254 e. The van der Waals surface area contributed by atoms with Crippen molar-refractivity contribution in [1.82, 2.24) is 4.90 Å². The minimum absolute atomic E-state index is 0.00301. The molecule has 4 heteroatoms. The second-order valence-electron chi connectivity index (χ2n) is 4.31. The van der Waals surface area contributed by atoms with E-state index >= 15 is 0 Å². The summed E-state index contributed by atoms with van der Waals surface area (Å²) in [6, 6.07) is 7.24. The maximum absolute atomic E-state index is 12.2. The quantitative estimate of drug-likeness (QED) is 0.792. The van der Waals surface area contributed by atoms with Gasteiger partial charge in [0.2, 0.25) is 0 Å². The molecule has 0 aromatic heterocycles. The van der Waals surface area contributed by atoms with Crippen molar-refractivity contribution in [3.63, 3.8) is 0 Å². The van der Waals surface area contributed by atoms with E-state index in [-0.39, 0.29) is 19.1 Å². The lowest BCUT2D eigenvalue weighted by Gasteiger charge is -2.21. The third kappa shape index (κ3) is 2.84. The fourth-order valence-corrected chi connectivity index (χ4v) is 1.86. The van der Waals surface area contributed by atoms with Crippen LogP contribution in [0.25, 0.3) is 0 Å². The Labute approximate surface area is 100 Å². The second kappa shape index (κ2) is 5.29. The van der Waals surface area contributed by atoms with E-state index in [4.69, 9.17) is 10.2 Å². The van der Waals surface area contributed by atoms with E-state index in [1.807, 2.05) is 0 Å². The molecule has 0 aliphatic heterocycles. The first kappa shape index (κ1) is 12.1. The topological polar surface area (TPSA) is 60.8 Å². The van der Waals surface area contributed by atoms with Crippen molar-refractivity contribution in [2.45, 2.75) is 25.5 Å². The highest BCUT2D eigenvalue weighted by Gasteiger charge is 2.32. The molecule has 92 valence electrons. The lowest BCUT2D eigenvalue weighted by atomic mass is 10.1. The SMILES string of the molecule is O=C(c1ccc(CO)cc1)N(CCO)C1CC1. The van der Waals surface area contributed by atoms with Gasteiger partial charge in [-0.2, -0.15) is 0 Å². The van der Waals surface area contributed by atoms with Gasteiger partial charge < -0.3 is 15.1 Å². The molecule has 2 N–H and O–H groups in total. The van der Waals surface area contributed by atoms with Gasteiger partial charge in [-0.15, -0.1) is 0 Å². The highest BCUT2D eigenvalue weighted by molar-refractivity contribution is 5.94. The monoisotopic (exact) mass is 235 g/mol. The van der Waals surface area contributed by atoms with Crippen LogP contribution in [0, 0.1) is 0 Å². The molecule has 1 saturated carbocycles. The molecule has 1 fully saturated rings. The maximum atomic E-state index is 12.2. The van der Waals surface area contributed by atoms with E-state index in [0.29, 0.717) is 18.2 Å². The van der Waals surface area contributed by atoms with Crippen LogP contribution in [0.1, 0.15) is 28.8 Å². The predicted octanol–water partition coefficient (Wildman–Crippen LogP) is 0.776. The molecule has 1 amide bonds. The molecule has 2 rings (SSSR count). The second-order valence-corrected chi connectivity index (χ2v) is 4.31. The fraction of sp³-hybridized carbons (Fsp3) is 0.462. The highest BCUT2D eigenvalue weighted by Crippen LogP contribution is 2.27. The standard InChI is InChI=1S/C13H17NO3/c15-8-7-14(12-5-6-12)13(17)11-3-1-10(9-16)2-4-11/h1-4,12,15-16H,5-9H2. The lowest BCUT2D eigenvalue weighted by Crippen LogP contribution is -2.35. The zero-order valence-electron chi connectivity index (χ0n) is 9.67. The Bertz CT molecular complexity index is 384. The number of rotatable bonds is 5. The number of hydrogen-bond acceptors (Lipinski definition) is 3. The summed E-state index contributed by atoms with van der Waals surface area (Å²) >= 11 is 0. The third-order valence-electron chi connectivity index (χ3n) is 2.97. The minimum Gasteiger partial charge on any atom is -0.395 e. The lowest BCUT2D eigenvalue weighted by molar-refractivity contribution is 0.0707. The Morgan fingerprint density at radius 2 is 1.88 bits per heavy atom. The van der Waals surface area contributed by atoms with Gasteiger partial charge in [0.05, 0.1) is 13.2 Å². The van der Waals surface area contributed by atoms with Gasteiger partial charge in [-0.3, -0.25) is 4.79 Å². The molecule has 4 nitrogen and oxygen atoms in total. The first-order valence-electron chi connectivity index (χ1n) is 5.88. The van der Waals surface area contributed by atoms with Crippen molar-refractivity contribution in [2.24, 2.45) is 0 Å². The largest absolute Gasteiger partial charge is 0.395 e. The first-order chi connectivity index (χ1) is 8.26. The maximum Gasteiger partial charge on any atom is 0.254 e. The van der Waals surface area contributed by atoms with Gasteiger partial charge in [-0.25, -0.2) is 0 Å². The average Bonchev–Trinajstić information content (AvgIpc) is 3.19. The zero-order chi connectivity index (χ0) is 12.3. The molecule has 1 aromatic carbocycles. The van der Waals surface area contributed by atoms with Gasteiger partial charge in [0, 0.05) is 18.2 Å². The van der Waals surface area contributed by atoms with Gasteiger partial charge in [0.1, 0.15) is 0 Å². The molecule has 0 radical (unpaired) electrons. The van der Waals surface area contributed by atoms with Crippen LogP contribution in [-0.4, -0.2) is 40.2 Å². The zero-order valence-corrected chi connectivity index (χ0v) is 9.67. The van der Waals surface area contributed by atoms with Crippen LogP contribution in [-0.2, 0) is 6.61 Å². The molecule has 1 aliphatic carbocycles. The number of benzene rings is 1. The molecule has 0 atom stereocenters. The summed E-state index contributed by atoms with van der Waals surface area (Å²) in [6.07, 6.45) is 2.06. The molecule has 1 aromatic rings. The predicted molar refractivity (Wildman–Crippen MR) is 63.5 cm³/mol. The van der Waals surface area contributed by atoms with Crippen molar-refractivity contribution in [2.75, 3.05) is 13.2 Å². The number of aliphatic hydroxyl groups excluding tert-OH is 2. The van der Waals surface area contributed by atoms with Crippen molar-refractivity contribution >= 4 is 5.91 Å². The van der Waals surface area contributed by atoms with Crippen LogP contribution < -0.4 is 0 Å². The number of nitrogens with zero attached hydrogens (tertiary/aromatic N) is 1. The van der Waals surface area contributed by atoms with E-state index in [9.17, 15) is 4.79 Å². The van der Waals surface area contributed by atoms with Crippen molar-refractivity contribution in [3.05, 3.63) is 35.4 Å². The van der Waals surface area contributed by atoms with Gasteiger partial charge in [0.25, 0.3) is 5.91 Å². The fourth-order valence-electron chi connectivity index (χ4n) is 1.86. The van der Waals surface area contributed by atoms with E-state index in [1.165, 1.54) is 0 Å². The van der Waals surface area contributed by atoms with Crippen LogP contribution in [0.2, 0.25) is 0 Å². The minimum atomic E-state index is -0.0361. The summed E-state index contributed by atoms with van der Waals surface area (Å²) in [5.74, 6) is -0.0361. The molecular weight excluding hydrogens is 218 g/mol. The molecular formula is C13H17NO3. The summed E-state index contributed by atoms with van der Waals surface area (Å²) in [4.78, 5) is 13.9. The van der Waals surface area contributed by atoms with Crippen molar-refractivity contribution in [3.8, 4) is 0 Å². The Balaban J connectivity index is 2.10. The summed E-state index contributed by atoms with van der Waals surface area (Å²) in [5, 5.41) is 17.9. The van der Waals surface area contributed by atoms with Crippen LogP contribution in [0.3, 0.4) is 0 Å².